The summed E-state index contributed by atoms with van der Waals surface area (Å²) in [5.74, 6) is -0.0947. The number of amides is 1. The van der Waals surface area contributed by atoms with Crippen molar-refractivity contribution in [1.29, 1.82) is 0 Å². The predicted molar refractivity (Wildman–Crippen MR) is 109 cm³/mol. The van der Waals surface area contributed by atoms with Gasteiger partial charge in [-0.25, -0.2) is 0 Å². The van der Waals surface area contributed by atoms with Gasteiger partial charge in [0.25, 0.3) is 5.91 Å². The van der Waals surface area contributed by atoms with Crippen molar-refractivity contribution in [2.45, 2.75) is 46.8 Å². The van der Waals surface area contributed by atoms with Gasteiger partial charge in [0, 0.05) is 18.3 Å². The molecule has 1 N–H and O–H groups in total. The molecule has 0 radical (unpaired) electrons. The van der Waals surface area contributed by atoms with Gasteiger partial charge in [-0.2, -0.15) is 10.2 Å². The Balaban J connectivity index is 1.74. The molecule has 0 fully saturated rings. The highest BCUT2D eigenvalue weighted by molar-refractivity contribution is 9.10. The maximum Gasteiger partial charge on any atom is 0.251 e. The van der Waals surface area contributed by atoms with Gasteiger partial charge in [-0.05, 0) is 67.4 Å². The lowest BCUT2D eigenvalue weighted by atomic mass is 10.1. The second-order valence-electron chi connectivity index (χ2n) is 6.61. The second-order valence-corrected chi connectivity index (χ2v) is 7.40. The number of hydrogen-bond acceptors (Lipinski definition) is 3. The van der Waals surface area contributed by atoms with Crippen molar-refractivity contribution in [3.05, 3.63) is 69.2 Å². The first-order chi connectivity index (χ1) is 12.9. The van der Waals surface area contributed by atoms with Crippen molar-refractivity contribution < 1.29 is 4.79 Å². The van der Waals surface area contributed by atoms with Crippen LogP contribution in [0.5, 0.6) is 0 Å². The first-order valence-corrected chi connectivity index (χ1v) is 9.81. The molecule has 1 unspecified atom stereocenters. The van der Waals surface area contributed by atoms with E-state index in [0.717, 1.165) is 33.7 Å². The molecule has 0 saturated heterocycles. The van der Waals surface area contributed by atoms with Crippen LogP contribution in [-0.4, -0.2) is 25.5 Å². The fraction of sp³-hybridized carbons (Fsp3) is 0.350. The van der Waals surface area contributed by atoms with Gasteiger partial charge in [0.1, 0.15) is 0 Å². The highest BCUT2D eigenvalue weighted by Gasteiger charge is 2.15. The molecule has 7 heteroatoms. The third-order valence-corrected chi connectivity index (χ3v) is 5.80. The zero-order valence-corrected chi connectivity index (χ0v) is 17.6. The summed E-state index contributed by atoms with van der Waals surface area (Å²) in [5.41, 5.74) is 4.70. The smallest absolute Gasteiger partial charge is 0.251 e. The quantitative estimate of drug-likeness (QED) is 0.643. The Morgan fingerprint density at radius 3 is 2.70 bits per heavy atom. The Hall–Kier alpha value is -2.41. The molecular formula is C20H24BrN5O. The molecule has 1 amide bonds. The van der Waals surface area contributed by atoms with E-state index in [1.165, 1.54) is 0 Å². The van der Waals surface area contributed by atoms with E-state index in [9.17, 15) is 4.79 Å². The van der Waals surface area contributed by atoms with Crippen molar-refractivity contribution in [1.82, 2.24) is 24.9 Å². The van der Waals surface area contributed by atoms with E-state index >= 15 is 0 Å². The fourth-order valence-electron chi connectivity index (χ4n) is 3.14. The van der Waals surface area contributed by atoms with Crippen LogP contribution in [0, 0.1) is 13.8 Å². The van der Waals surface area contributed by atoms with Crippen LogP contribution in [0.15, 0.2) is 41.0 Å². The van der Waals surface area contributed by atoms with Crippen molar-refractivity contribution in [2.75, 3.05) is 0 Å². The number of nitrogens with one attached hydrogen (secondary N) is 1. The summed E-state index contributed by atoms with van der Waals surface area (Å²) in [4.78, 5) is 12.7. The molecule has 142 valence electrons. The average molecular weight is 430 g/mol. The molecular weight excluding hydrogens is 406 g/mol. The van der Waals surface area contributed by atoms with Crippen LogP contribution in [0.1, 0.15) is 52.9 Å². The highest BCUT2D eigenvalue weighted by atomic mass is 79.9. The molecule has 0 aliphatic heterocycles. The standard InChI is InChI=1S/C20H24BrN5O/c1-5-25-18(9-10-22-25)13(2)23-20(27)17-8-6-7-16(11-17)12-26-15(4)19(21)14(3)24-26/h6-11,13H,5,12H2,1-4H3,(H,23,27). The summed E-state index contributed by atoms with van der Waals surface area (Å²) in [6.45, 7) is 9.40. The van der Waals surface area contributed by atoms with E-state index in [1.54, 1.807) is 6.20 Å². The Morgan fingerprint density at radius 1 is 1.26 bits per heavy atom. The summed E-state index contributed by atoms with van der Waals surface area (Å²) in [7, 11) is 0. The number of benzene rings is 1. The first kappa shape index (κ1) is 19.4. The molecule has 0 spiro atoms. The minimum absolute atomic E-state index is 0.0947. The molecule has 27 heavy (non-hydrogen) atoms. The second kappa shape index (κ2) is 8.08. The lowest BCUT2D eigenvalue weighted by Gasteiger charge is -2.16. The van der Waals surface area contributed by atoms with E-state index in [2.05, 4.69) is 31.4 Å². The molecule has 0 saturated carbocycles. The predicted octanol–water partition coefficient (Wildman–Crippen LogP) is 4.02. The number of nitrogens with zero attached hydrogens (tertiary/aromatic N) is 4. The molecule has 2 aromatic heterocycles. The van der Waals surface area contributed by atoms with Crippen LogP contribution in [0.25, 0.3) is 0 Å². The van der Waals surface area contributed by atoms with Crippen LogP contribution in [0.3, 0.4) is 0 Å². The normalized spacial score (nSPS) is 12.2. The Bertz CT molecular complexity index is 959. The van der Waals surface area contributed by atoms with E-state index < -0.39 is 0 Å². The number of halogens is 1. The molecule has 6 nitrogen and oxygen atoms in total. The van der Waals surface area contributed by atoms with E-state index in [4.69, 9.17) is 0 Å². The summed E-state index contributed by atoms with van der Waals surface area (Å²) < 4.78 is 4.86. The molecule has 1 atom stereocenters. The Labute approximate surface area is 167 Å². The van der Waals surface area contributed by atoms with E-state index in [1.807, 2.05) is 67.4 Å². The van der Waals surface area contributed by atoms with Crippen LogP contribution in [0.2, 0.25) is 0 Å². The van der Waals surface area contributed by atoms with Gasteiger partial charge in [0.2, 0.25) is 0 Å². The number of carbonyl (C=O) groups excluding carboxylic acids is 1. The number of rotatable bonds is 6. The third kappa shape index (κ3) is 4.13. The van der Waals surface area contributed by atoms with Gasteiger partial charge in [-0.3, -0.25) is 14.2 Å². The molecule has 3 rings (SSSR count). The highest BCUT2D eigenvalue weighted by Crippen LogP contribution is 2.21. The summed E-state index contributed by atoms with van der Waals surface area (Å²) >= 11 is 3.55. The molecule has 1 aromatic carbocycles. The van der Waals surface area contributed by atoms with Crippen molar-refractivity contribution in [3.8, 4) is 0 Å². The van der Waals surface area contributed by atoms with Crippen molar-refractivity contribution in [3.63, 3.8) is 0 Å². The van der Waals surface area contributed by atoms with E-state index in [-0.39, 0.29) is 11.9 Å². The van der Waals surface area contributed by atoms with Crippen molar-refractivity contribution >= 4 is 21.8 Å². The van der Waals surface area contributed by atoms with Crippen molar-refractivity contribution in [2.24, 2.45) is 0 Å². The molecule has 3 aromatic rings. The third-order valence-electron chi connectivity index (χ3n) is 4.65. The molecule has 0 aliphatic rings. The summed E-state index contributed by atoms with van der Waals surface area (Å²) in [6.07, 6.45) is 1.76. The maximum atomic E-state index is 12.7. The van der Waals surface area contributed by atoms with Crippen LogP contribution < -0.4 is 5.32 Å². The number of carbonyl (C=O) groups is 1. The Kier molecular flexibility index (Phi) is 5.79. The summed E-state index contributed by atoms with van der Waals surface area (Å²) in [6, 6.07) is 9.49. The van der Waals surface area contributed by atoms with Crippen LogP contribution >= 0.6 is 15.9 Å². The largest absolute Gasteiger partial charge is 0.344 e. The van der Waals surface area contributed by atoms with Gasteiger partial charge in [-0.15, -0.1) is 0 Å². The molecule has 2 heterocycles. The van der Waals surface area contributed by atoms with Gasteiger partial charge in [0.05, 0.1) is 34.1 Å². The fourth-order valence-corrected chi connectivity index (χ4v) is 3.43. The van der Waals surface area contributed by atoms with Crippen LogP contribution in [-0.2, 0) is 13.1 Å². The SMILES string of the molecule is CCn1nccc1C(C)NC(=O)c1cccc(Cn2nc(C)c(Br)c2C)c1. The number of hydrogen-bond donors (Lipinski definition) is 1. The van der Waals surface area contributed by atoms with Crippen LogP contribution in [0.4, 0.5) is 0 Å². The van der Waals surface area contributed by atoms with E-state index in [0.29, 0.717) is 12.1 Å². The van der Waals surface area contributed by atoms with Gasteiger partial charge < -0.3 is 5.32 Å². The minimum Gasteiger partial charge on any atom is -0.344 e. The maximum absolute atomic E-state index is 12.7. The van der Waals surface area contributed by atoms with Gasteiger partial charge in [0.15, 0.2) is 0 Å². The number of aromatic nitrogens is 4. The first-order valence-electron chi connectivity index (χ1n) is 9.01. The lowest BCUT2D eigenvalue weighted by molar-refractivity contribution is 0.0938. The van der Waals surface area contributed by atoms with Gasteiger partial charge >= 0.3 is 0 Å². The molecule has 0 aliphatic carbocycles. The summed E-state index contributed by atoms with van der Waals surface area (Å²) in [5, 5.41) is 11.9. The minimum atomic E-state index is -0.115. The zero-order chi connectivity index (χ0) is 19.6. The molecule has 0 bridgehead atoms. The average Bonchev–Trinajstić information content (AvgIpc) is 3.23. The number of aryl methyl sites for hydroxylation is 2. The Morgan fingerprint density at radius 2 is 2.04 bits per heavy atom. The topological polar surface area (TPSA) is 64.7 Å². The lowest BCUT2D eigenvalue weighted by Crippen LogP contribution is -2.28. The monoisotopic (exact) mass is 429 g/mol. The van der Waals surface area contributed by atoms with Gasteiger partial charge in [-0.1, -0.05) is 12.1 Å². The zero-order valence-electron chi connectivity index (χ0n) is 16.0.